The van der Waals surface area contributed by atoms with Crippen LogP contribution in [0, 0.1) is 27.7 Å². The van der Waals surface area contributed by atoms with Crippen molar-refractivity contribution < 1.29 is 4.79 Å². The average molecular weight is 467 g/mol. The van der Waals surface area contributed by atoms with Crippen LogP contribution in [0.25, 0.3) is 0 Å². The van der Waals surface area contributed by atoms with Gasteiger partial charge in [0.05, 0.1) is 6.42 Å². The zero-order valence-electron chi connectivity index (χ0n) is 21.0. The second-order valence-corrected chi connectivity index (χ2v) is 8.75. The minimum atomic E-state index is -0.0236. The number of rotatable bonds is 7. The molecule has 4 rings (SSSR count). The summed E-state index contributed by atoms with van der Waals surface area (Å²) >= 11 is 0. The summed E-state index contributed by atoms with van der Waals surface area (Å²) in [5.74, 6) is -0.0236. The van der Waals surface area contributed by atoms with E-state index in [-0.39, 0.29) is 5.91 Å². The Morgan fingerprint density at radius 1 is 0.657 bits per heavy atom. The van der Waals surface area contributed by atoms with E-state index in [0.717, 1.165) is 35.6 Å². The summed E-state index contributed by atoms with van der Waals surface area (Å²) in [6.07, 6.45) is 5.04. The number of amides is 1. The van der Waals surface area contributed by atoms with Gasteiger partial charge in [0, 0.05) is 41.7 Å². The van der Waals surface area contributed by atoms with Crippen LogP contribution in [0.2, 0.25) is 0 Å². The summed E-state index contributed by atoms with van der Waals surface area (Å²) in [6, 6.07) is 24.3. The van der Waals surface area contributed by atoms with Crippen molar-refractivity contribution in [2.45, 2.75) is 40.5 Å². The lowest BCUT2D eigenvalue weighted by molar-refractivity contribution is -0.115. The van der Waals surface area contributed by atoms with Crippen molar-refractivity contribution in [3.05, 3.63) is 119 Å². The van der Waals surface area contributed by atoms with Crippen LogP contribution in [-0.4, -0.2) is 22.4 Å². The molecule has 0 saturated carbocycles. The van der Waals surface area contributed by atoms with Gasteiger partial charge in [-0.1, -0.05) is 47.5 Å². The van der Waals surface area contributed by atoms with Crippen molar-refractivity contribution in [3.63, 3.8) is 0 Å². The van der Waals surface area contributed by atoms with Gasteiger partial charge in [-0.2, -0.15) is 0 Å². The molecule has 0 spiro atoms. The molecule has 180 valence electrons. The number of benzene rings is 2. The number of nitrogens with zero attached hydrogens (tertiary/aromatic N) is 2. The number of aromatic nitrogens is 2. The second kappa shape index (κ2) is 13.0. The smallest absolute Gasteiger partial charge is 0.228 e. The Balaban J connectivity index is 0.000000196. The monoisotopic (exact) mass is 466 g/mol. The maximum absolute atomic E-state index is 11.8. The van der Waals surface area contributed by atoms with Crippen molar-refractivity contribution in [2.75, 3.05) is 17.2 Å². The van der Waals surface area contributed by atoms with Crippen molar-refractivity contribution in [1.82, 2.24) is 9.97 Å². The second-order valence-electron chi connectivity index (χ2n) is 8.75. The first-order chi connectivity index (χ1) is 16.9. The number of aryl methyl sites for hydroxylation is 4. The molecule has 0 atom stereocenters. The third-order valence-corrected chi connectivity index (χ3v) is 5.44. The van der Waals surface area contributed by atoms with Crippen molar-refractivity contribution >= 4 is 17.3 Å². The molecule has 5 nitrogen and oxygen atoms in total. The number of carbonyl (C=O) groups is 1. The molecule has 0 aliphatic heterocycles. The molecule has 0 fully saturated rings. The molecule has 2 N–H and O–H groups in total. The molecule has 2 aromatic heterocycles. The Labute approximate surface area is 208 Å². The largest absolute Gasteiger partial charge is 0.385 e. The molecule has 4 aromatic rings. The van der Waals surface area contributed by atoms with Gasteiger partial charge >= 0.3 is 0 Å². The molecular weight excluding hydrogens is 432 g/mol. The zero-order valence-corrected chi connectivity index (χ0v) is 21.0. The fraction of sp³-hybridized carbons (Fsp3) is 0.233. The highest BCUT2D eigenvalue weighted by Crippen LogP contribution is 2.10. The third-order valence-electron chi connectivity index (χ3n) is 5.44. The predicted molar refractivity (Wildman–Crippen MR) is 145 cm³/mol. The summed E-state index contributed by atoms with van der Waals surface area (Å²) < 4.78 is 0. The van der Waals surface area contributed by atoms with Crippen molar-refractivity contribution in [3.8, 4) is 0 Å². The SMILES string of the molecule is Cc1ccc(NC(=O)Cc2ccc(C)nc2)cc1.Cc1ccc(NCCc2ccc(C)nc2)cc1. The van der Waals surface area contributed by atoms with Crippen LogP contribution in [0.1, 0.15) is 33.6 Å². The zero-order chi connectivity index (χ0) is 25.0. The van der Waals surface area contributed by atoms with Gasteiger partial charge in [-0.05, 0) is 81.6 Å². The highest BCUT2D eigenvalue weighted by molar-refractivity contribution is 5.92. The van der Waals surface area contributed by atoms with Gasteiger partial charge in [-0.25, -0.2) is 0 Å². The molecule has 5 heteroatoms. The van der Waals surface area contributed by atoms with Gasteiger partial charge in [0.15, 0.2) is 0 Å². The topological polar surface area (TPSA) is 66.9 Å². The summed E-state index contributed by atoms with van der Waals surface area (Å²) in [5, 5.41) is 6.27. The molecule has 0 saturated heterocycles. The summed E-state index contributed by atoms with van der Waals surface area (Å²) in [4.78, 5) is 20.3. The number of nitrogens with one attached hydrogen (secondary N) is 2. The molecule has 2 heterocycles. The van der Waals surface area contributed by atoms with E-state index < -0.39 is 0 Å². The highest BCUT2D eigenvalue weighted by atomic mass is 16.1. The van der Waals surface area contributed by atoms with Gasteiger partial charge in [-0.15, -0.1) is 0 Å². The van der Waals surface area contributed by atoms with E-state index in [9.17, 15) is 4.79 Å². The van der Waals surface area contributed by atoms with E-state index in [2.05, 4.69) is 63.9 Å². The molecule has 1 amide bonds. The molecule has 0 bridgehead atoms. The van der Waals surface area contributed by atoms with Gasteiger partial charge in [0.25, 0.3) is 0 Å². The number of hydrogen-bond donors (Lipinski definition) is 2. The Kier molecular flexibility index (Phi) is 9.55. The van der Waals surface area contributed by atoms with Crippen molar-refractivity contribution in [2.24, 2.45) is 0 Å². The molecular formula is C30H34N4O. The van der Waals surface area contributed by atoms with Gasteiger partial charge in [0.1, 0.15) is 0 Å². The minimum absolute atomic E-state index is 0.0236. The first-order valence-corrected chi connectivity index (χ1v) is 11.9. The normalized spacial score (nSPS) is 10.2. The maximum Gasteiger partial charge on any atom is 0.228 e. The Morgan fingerprint density at radius 3 is 1.69 bits per heavy atom. The molecule has 2 aromatic carbocycles. The van der Waals surface area contributed by atoms with E-state index in [4.69, 9.17) is 0 Å². The van der Waals surface area contributed by atoms with Gasteiger partial charge in [0.2, 0.25) is 5.91 Å². The maximum atomic E-state index is 11.8. The lowest BCUT2D eigenvalue weighted by atomic mass is 10.2. The van der Waals surface area contributed by atoms with Crippen LogP contribution in [0.3, 0.4) is 0 Å². The number of anilines is 2. The van der Waals surface area contributed by atoms with Crippen LogP contribution < -0.4 is 10.6 Å². The summed E-state index contributed by atoms with van der Waals surface area (Å²) in [5.41, 5.74) is 8.69. The Hall–Kier alpha value is -3.99. The van der Waals surface area contributed by atoms with E-state index in [1.54, 1.807) is 6.20 Å². The lowest BCUT2D eigenvalue weighted by Crippen LogP contribution is -2.14. The van der Waals surface area contributed by atoms with Crippen molar-refractivity contribution in [1.29, 1.82) is 0 Å². The average Bonchev–Trinajstić information content (AvgIpc) is 2.85. The van der Waals surface area contributed by atoms with E-state index in [0.29, 0.717) is 6.42 Å². The van der Waals surface area contributed by atoms with E-state index in [1.165, 1.54) is 22.4 Å². The number of hydrogen-bond acceptors (Lipinski definition) is 4. The van der Waals surface area contributed by atoms with E-state index in [1.807, 2.05) is 63.4 Å². The molecule has 35 heavy (non-hydrogen) atoms. The highest BCUT2D eigenvalue weighted by Gasteiger charge is 2.04. The van der Waals surface area contributed by atoms with Gasteiger partial charge < -0.3 is 10.6 Å². The number of pyridine rings is 2. The molecule has 0 aliphatic carbocycles. The van der Waals surface area contributed by atoms with Gasteiger partial charge in [-0.3, -0.25) is 14.8 Å². The lowest BCUT2D eigenvalue weighted by Gasteiger charge is -2.06. The summed E-state index contributed by atoms with van der Waals surface area (Å²) in [7, 11) is 0. The Morgan fingerprint density at radius 2 is 1.17 bits per heavy atom. The van der Waals surface area contributed by atoms with E-state index >= 15 is 0 Å². The van der Waals surface area contributed by atoms with Crippen LogP contribution in [0.4, 0.5) is 11.4 Å². The van der Waals surface area contributed by atoms with Crippen LogP contribution in [0.5, 0.6) is 0 Å². The van der Waals surface area contributed by atoms with Crippen LogP contribution >= 0.6 is 0 Å². The number of carbonyl (C=O) groups excluding carboxylic acids is 1. The summed E-state index contributed by atoms with van der Waals surface area (Å²) in [6.45, 7) is 8.99. The standard InChI is InChI=1S/C15H16N2O.C15H18N2/c1-11-3-7-14(8-4-11)17-15(18)9-13-6-5-12(2)16-10-13;1-12-3-7-15(8-4-12)16-10-9-14-6-5-13(2)17-11-14/h3-8,10H,9H2,1-2H3,(H,17,18);3-8,11,16H,9-10H2,1-2H3. The predicted octanol–water partition coefficient (Wildman–Crippen LogP) is 6.23. The fourth-order valence-electron chi connectivity index (χ4n) is 3.30. The van der Waals surface area contributed by atoms with Crippen LogP contribution in [-0.2, 0) is 17.6 Å². The first-order valence-electron chi connectivity index (χ1n) is 11.9. The Bertz CT molecular complexity index is 1090. The molecule has 0 unspecified atom stereocenters. The fourth-order valence-corrected chi connectivity index (χ4v) is 3.30. The quantitative estimate of drug-likeness (QED) is 0.339. The molecule has 0 radical (unpaired) electrons. The van der Waals surface area contributed by atoms with Crippen LogP contribution in [0.15, 0.2) is 85.2 Å². The minimum Gasteiger partial charge on any atom is -0.385 e. The first kappa shape index (κ1) is 25.6. The third kappa shape index (κ3) is 9.41. The molecule has 0 aliphatic rings.